The highest BCUT2D eigenvalue weighted by Crippen LogP contribution is 2.10. The van der Waals surface area contributed by atoms with E-state index in [9.17, 15) is 12.6 Å². The van der Waals surface area contributed by atoms with Gasteiger partial charge in [-0.1, -0.05) is 19.1 Å². The molecule has 2 N–H and O–H groups in total. The van der Waals surface area contributed by atoms with Crippen LogP contribution in [0.25, 0.3) is 0 Å². The average Bonchev–Trinajstić information content (AvgIpc) is 2.36. The quantitative estimate of drug-likeness (QED) is 0.731. The van der Waals surface area contributed by atoms with Crippen molar-refractivity contribution in [2.24, 2.45) is 0 Å². The van der Waals surface area contributed by atoms with Crippen LogP contribution in [-0.4, -0.2) is 37.7 Å². The zero-order chi connectivity index (χ0) is 14.3. The molecule has 1 atom stereocenters. The van der Waals surface area contributed by atoms with Gasteiger partial charge in [0.2, 0.25) is 10.0 Å². The lowest BCUT2D eigenvalue weighted by Gasteiger charge is -2.07. The minimum atomic E-state index is -3.50. The average molecular weight is 304 g/mol. The van der Waals surface area contributed by atoms with Gasteiger partial charge >= 0.3 is 0 Å². The molecule has 0 aromatic heterocycles. The van der Waals surface area contributed by atoms with Crippen molar-refractivity contribution in [3.05, 3.63) is 29.8 Å². The number of nitrogens with one attached hydrogen (secondary N) is 2. The first-order chi connectivity index (χ1) is 8.95. The van der Waals surface area contributed by atoms with E-state index in [4.69, 9.17) is 0 Å². The Bertz CT molecular complexity index is 512. The summed E-state index contributed by atoms with van der Waals surface area (Å²) in [6, 6.07) is 6.74. The van der Waals surface area contributed by atoms with Crippen LogP contribution in [0.5, 0.6) is 0 Å². The molecular weight excluding hydrogens is 284 g/mol. The van der Waals surface area contributed by atoms with Gasteiger partial charge in [0.15, 0.2) is 0 Å². The van der Waals surface area contributed by atoms with Gasteiger partial charge in [-0.05, 0) is 24.2 Å². The number of benzene rings is 1. The van der Waals surface area contributed by atoms with Crippen molar-refractivity contribution >= 4 is 20.8 Å². The molecule has 19 heavy (non-hydrogen) atoms. The van der Waals surface area contributed by atoms with Gasteiger partial charge in [0.1, 0.15) is 0 Å². The Morgan fingerprint density at radius 1 is 1.21 bits per heavy atom. The molecule has 7 heteroatoms. The van der Waals surface area contributed by atoms with Crippen molar-refractivity contribution in [2.75, 3.05) is 25.1 Å². The molecule has 0 spiro atoms. The van der Waals surface area contributed by atoms with Gasteiger partial charge in [-0.25, -0.2) is 13.1 Å². The summed E-state index contributed by atoms with van der Waals surface area (Å²) < 4.78 is 37.1. The zero-order valence-corrected chi connectivity index (χ0v) is 12.8. The largest absolute Gasteiger partial charge is 0.313 e. The third-order valence-electron chi connectivity index (χ3n) is 2.49. The van der Waals surface area contributed by atoms with E-state index < -0.39 is 20.8 Å². The van der Waals surface area contributed by atoms with Crippen LogP contribution in [0.4, 0.5) is 0 Å². The molecule has 1 aromatic carbocycles. The van der Waals surface area contributed by atoms with Crippen molar-refractivity contribution in [3.63, 3.8) is 0 Å². The van der Waals surface area contributed by atoms with E-state index in [-0.39, 0.29) is 11.4 Å². The van der Waals surface area contributed by atoms with E-state index >= 15 is 0 Å². The Hall–Kier alpha value is -0.760. The minimum Gasteiger partial charge on any atom is -0.313 e. The molecule has 5 nitrogen and oxygen atoms in total. The monoisotopic (exact) mass is 304 g/mol. The normalized spacial score (nSPS) is 13.4. The Balaban J connectivity index is 2.65. The van der Waals surface area contributed by atoms with E-state index in [1.165, 1.54) is 0 Å². The first-order valence-corrected chi connectivity index (χ1v) is 9.26. The molecule has 0 aliphatic rings. The Morgan fingerprint density at radius 3 is 2.37 bits per heavy atom. The predicted molar refractivity (Wildman–Crippen MR) is 77.9 cm³/mol. The summed E-state index contributed by atoms with van der Waals surface area (Å²) in [5, 5.41) is 3.17. The highest BCUT2D eigenvalue weighted by atomic mass is 32.2. The van der Waals surface area contributed by atoms with Crippen molar-refractivity contribution in [1.82, 2.24) is 10.0 Å². The van der Waals surface area contributed by atoms with Gasteiger partial charge in [0, 0.05) is 35.9 Å². The van der Waals surface area contributed by atoms with Crippen LogP contribution >= 0.6 is 0 Å². The first-order valence-electron chi connectivity index (χ1n) is 6.05. The second-order valence-corrected chi connectivity index (χ2v) is 7.42. The topological polar surface area (TPSA) is 75.3 Å². The Morgan fingerprint density at radius 2 is 1.84 bits per heavy atom. The SMILES string of the molecule is CCNCc1ccc(S(=O)(=O)NCCS(C)=O)cc1. The molecule has 1 unspecified atom stereocenters. The van der Waals surface area contributed by atoms with Crippen LogP contribution in [0.2, 0.25) is 0 Å². The van der Waals surface area contributed by atoms with Crippen molar-refractivity contribution in [2.45, 2.75) is 18.4 Å². The molecular formula is C12H20N2O3S2. The molecule has 1 rings (SSSR count). The molecule has 1 aromatic rings. The van der Waals surface area contributed by atoms with Gasteiger partial charge < -0.3 is 5.32 Å². The molecule has 108 valence electrons. The van der Waals surface area contributed by atoms with E-state index in [1.54, 1.807) is 30.5 Å². The molecule has 0 aliphatic heterocycles. The van der Waals surface area contributed by atoms with Gasteiger partial charge in [-0.3, -0.25) is 4.21 Å². The number of hydrogen-bond acceptors (Lipinski definition) is 4. The molecule has 0 amide bonds. The fourth-order valence-electron chi connectivity index (χ4n) is 1.46. The number of hydrogen-bond donors (Lipinski definition) is 2. The van der Waals surface area contributed by atoms with Crippen molar-refractivity contribution in [3.8, 4) is 0 Å². The lowest BCUT2D eigenvalue weighted by molar-refractivity contribution is 0.584. The predicted octanol–water partition coefficient (Wildman–Crippen LogP) is 0.453. The summed E-state index contributed by atoms with van der Waals surface area (Å²) in [5.41, 5.74) is 1.04. The fraction of sp³-hybridized carbons (Fsp3) is 0.500. The summed E-state index contributed by atoms with van der Waals surface area (Å²) in [5.74, 6) is 0.317. The van der Waals surface area contributed by atoms with Gasteiger partial charge in [0.05, 0.1) is 4.90 Å². The summed E-state index contributed by atoms with van der Waals surface area (Å²) in [6.07, 6.45) is 1.55. The standard InChI is InChI=1S/C12H20N2O3S2/c1-3-13-10-11-4-6-12(7-5-11)19(16,17)14-8-9-18(2)15/h4-7,13-14H,3,8-10H2,1-2H3. The maximum atomic E-state index is 11.9. The smallest absolute Gasteiger partial charge is 0.240 e. The Kier molecular flexibility index (Phi) is 6.64. The molecule has 0 fully saturated rings. The molecule has 0 heterocycles. The van der Waals surface area contributed by atoms with Crippen LogP contribution in [0.15, 0.2) is 29.2 Å². The van der Waals surface area contributed by atoms with Crippen molar-refractivity contribution in [1.29, 1.82) is 0 Å². The van der Waals surface area contributed by atoms with E-state index in [1.807, 2.05) is 6.92 Å². The maximum Gasteiger partial charge on any atom is 0.240 e. The summed E-state index contributed by atoms with van der Waals surface area (Å²) >= 11 is 0. The molecule has 0 bridgehead atoms. The minimum absolute atomic E-state index is 0.185. The third-order valence-corrected chi connectivity index (χ3v) is 4.75. The highest BCUT2D eigenvalue weighted by molar-refractivity contribution is 7.89. The fourth-order valence-corrected chi connectivity index (χ4v) is 3.01. The van der Waals surface area contributed by atoms with E-state index in [0.717, 1.165) is 18.7 Å². The first kappa shape index (κ1) is 16.3. The van der Waals surface area contributed by atoms with Crippen LogP contribution < -0.4 is 10.0 Å². The van der Waals surface area contributed by atoms with Gasteiger partial charge in [-0.2, -0.15) is 0 Å². The lowest BCUT2D eigenvalue weighted by atomic mass is 10.2. The van der Waals surface area contributed by atoms with Crippen LogP contribution in [0.1, 0.15) is 12.5 Å². The second kappa shape index (κ2) is 7.74. The molecule has 0 aliphatic carbocycles. The Labute approximate surface area is 117 Å². The molecule has 0 saturated carbocycles. The summed E-state index contributed by atoms with van der Waals surface area (Å²) in [6.45, 7) is 3.79. The van der Waals surface area contributed by atoms with Gasteiger partial charge in [0.25, 0.3) is 0 Å². The van der Waals surface area contributed by atoms with E-state index in [2.05, 4.69) is 10.0 Å². The molecule has 0 saturated heterocycles. The third kappa shape index (κ3) is 5.82. The number of sulfonamides is 1. The summed E-state index contributed by atoms with van der Waals surface area (Å²) in [7, 11) is -4.50. The van der Waals surface area contributed by atoms with E-state index in [0.29, 0.717) is 5.75 Å². The lowest BCUT2D eigenvalue weighted by Crippen LogP contribution is -2.27. The maximum absolute atomic E-state index is 11.9. The van der Waals surface area contributed by atoms with Crippen molar-refractivity contribution < 1.29 is 12.6 Å². The van der Waals surface area contributed by atoms with Gasteiger partial charge in [-0.15, -0.1) is 0 Å². The zero-order valence-electron chi connectivity index (χ0n) is 11.2. The summed E-state index contributed by atoms with van der Waals surface area (Å²) in [4.78, 5) is 0.231. The van der Waals surface area contributed by atoms with Crippen LogP contribution in [0.3, 0.4) is 0 Å². The van der Waals surface area contributed by atoms with Crippen LogP contribution in [0, 0.1) is 0 Å². The highest BCUT2D eigenvalue weighted by Gasteiger charge is 2.13. The van der Waals surface area contributed by atoms with Crippen LogP contribution in [-0.2, 0) is 27.4 Å². The molecule has 0 radical (unpaired) electrons. The number of rotatable bonds is 8. The second-order valence-electron chi connectivity index (χ2n) is 4.10.